The summed E-state index contributed by atoms with van der Waals surface area (Å²) < 4.78 is 0. The monoisotopic (exact) mass is 198 g/mol. The van der Waals surface area contributed by atoms with E-state index >= 15 is 0 Å². The van der Waals surface area contributed by atoms with E-state index in [1.165, 1.54) is 12.8 Å². The molecular weight excluding hydrogens is 180 g/mol. The Morgan fingerprint density at radius 2 is 2.36 bits per heavy atom. The second kappa shape index (κ2) is 5.59. The molecule has 0 saturated heterocycles. The Kier molecular flexibility index (Phi) is 4.39. The predicted molar refractivity (Wildman–Crippen MR) is 55.9 cm³/mol. The van der Waals surface area contributed by atoms with Gasteiger partial charge in [0.25, 0.3) is 0 Å². The van der Waals surface area contributed by atoms with Gasteiger partial charge in [-0.25, -0.2) is 0 Å². The van der Waals surface area contributed by atoms with E-state index in [1.807, 2.05) is 0 Å². The first kappa shape index (κ1) is 11.0. The van der Waals surface area contributed by atoms with Gasteiger partial charge >= 0.3 is 0 Å². The van der Waals surface area contributed by atoms with Crippen molar-refractivity contribution in [1.29, 1.82) is 0 Å². The maximum atomic E-state index is 10.6. The molecule has 0 saturated carbocycles. The third-order valence-corrected chi connectivity index (χ3v) is 2.27. The van der Waals surface area contributed by atoms with E-state index in [0.717, 1.165) is 18.8 Å². The van der Waals surface area contributed by atoms with Gasteiger partial charge in [0.2, 0.25) is 5.91 Å². The van der Waals surface area contributed by atoms with Crippen molar-refractivity contribution >= 4 is 11.7 Å². The highest BCUT2D eigenvalue weighted by atomic mass is 16.1. The lowest BCUT2D eigenvalue weighted by molar-refractivity contribution is -0.119. The number of carbonyl (C=O) groups excluding carboxylic acids is 1. The third-order valence-electron chi connectivity index (χ3n) is 2.27. The predicted octanol–water partition coefficient (Wildman–Crippen LogP) is -0.639. The number of nitrogens with one attached hydrogen (secondary N) is 1. The van der Waals surface area contributed by atoms with Crippen LogP contribution in [0.5, 0.6) is 0 Å². The number of hydrogen-bond acceptors (Lipinski definition) is 4. The van der Waals surface area contributed by atoms with Gasteiger partial charge in [-0.2, -0.15) is 0 Å². The first-order valence-electron chi connectivity index (χ1n) is 5.02. The maximum absolute atomic E-state index is 10.6. The third kappa shape index (κ3) is 3.74. The zero-order valence-electron chi connectivity index (χ0n) is 8.33. The highest BCUT2D eigenvalue weighted by Crippen LogP contribution is 2.03. The van der Waals surface area contributed by atoms with Crippen LogP contribution in [0.15, 0.2) is 4.99 Å². The van der Waals surface area contributed by atoms with E-state index in [-0.39, 0.29) is 0 Å². The number of amides is 1. The van der Waals surface area contributed by atoms with Crippen LogP contribution in [0, 0.1) is 0 Å². The molecule has 0 bridgehead atoms. The van der Waals surface area contributed by atoms with E-state index in [0.29, 0.717) is 13.0 Å². The summed E-state index contributed by atoms with van der Waals surface area (Å²) in [7, 11) is 0. The maximum Gasteiger partial charge on any atom is 0.234 e. The zero-order chi connectivity index (χ0) is 10.4. The van der Waals surface area contributed by atoms with Crippen LogP contribution < -0.4 is 16.8 Å². The molecule has 0 aromatic rings. The van der Waals surface area contributed by atoms with Crippen molar-refractivity contribution in [2.45, 2.75) is 31.7 Å². The summed E-state index contributed by atoms with van der Waals surface area (Å²) >= 11 is 0. The number of hydrogen-bond donors (Lipinski definition) is 3. The van der Waals surface area contributed by atoms with Gasteiger partial charge in [0.1, 0.15) is 0 Å². The molecule has 1 aliphatic heterocycles. The SMILES string of the molecule is NC(=O)C(N)CCNC1=NCCCC1. The van der Waals surface area contributed by atoms with E-state index < -0.39 is 11.9 Å². The van der Waals surface area contributed by atoms with Gasteiger partial charge in [0.15, 0.2) is 0 Å². The summed E-state index contributed by atoms with van der Waals surface area (Å²) in [5.41, 5.74) is 10.5. The lowest BCUT2D eigenvalue weighted by atomic mass is 10.1. The summed E-state index contributed by atoms with van der Waals surface area (Å²) in [5, 5.41) is 3.17. The fourth-order valence-electron chi connectivity index (χ4n) is 1.36. The first-order chi connectivity index (χ1) is 6.70. The molecule has 0 fully saturated rings. The Labute approximate surface area is 83.9 Å². The van der Waals surface area contributed by atoms with Gasteiger partial charge in [-0.3, -0.25) is 9.79 Å². The van der Waals surface area contributed by atoms with Crippen LogP contribution in [-0.2, 0) is 4.79 Å². The van der Waals surface area contributed by atoms with Crippen molar-refractivity contribution in [3.05, 3.63) is 0 Å². The number of primary amides is 1. The van der Waals surface area contributed by atoms with Crippen molar-refractivity contribution in [3.8, 4) is 0 Å². The number of nitrogens with zero attached hydrogens (tertiary/aromatic N) is 1. The smallest absolute Gasteiger partial charge is 0.234 e. The Bertz CT molecular complexity index is 227. The topological polar surface area (TPSA) is 93.5 Å². The fourth-order valence-corrected chi connectivity index (χ4v) is 1.36. The molecule has 5 N–H and O–H groups in total. The number of nitrogens with two attached hydrogens (primary N) is 2. The van der Waals surface area contributed by atoms with E-state index in [2.05, 4.69) is 10.3 Å². The molecule has 0 radical (unpaired) electrons. The Morgan fingerprint density at radius 3 is 2.93 bits per heavy atom. The fraction of sp³-hybridized carbons (Fsp3) is 0.778. The summed E-state index contributed by atoms with van der Waals surface area (Å²) in [4.78, 5) is 14.9. The first-order valence-corrected chi connectivity index (χ1v) is 5.02. The Balaban J connectivity index is 2.14. The lowest BCUT2D eigenvalue weighted by Gasteiger charge is -2.14. The molecule has 1 unspecified atom stereocenters. The molecule has 1 rings (SSSR count). The summed E-state index contributed by atoms with van der Waals surface area (Å²) in [6.07, 6.45) is 3.93. The highest BCUT2D eigenvalue weighted by molar-refractivity contribution is 5.83. The van der Waals surface area contributed by atoms with Crippen LogP contribution in [0.4, 0.5) is 0 Å². The van der Waals surface area contributed by atoms with Crippen LogP contribution in [0.25, 0.3) is 0 Å². The molecule has 1 atom stereocenters. The quantitative estimate of drug-likeness (QED) is 0.561. The molecule has 1 aliphatic rings. The minimum Gasteiger partial charge on any atom is -0.374 e. The summed E-state index contributed by atoms with van der Waals surface area (Å²) in [6.45, 7) is 1.58. The van der Waals surface area contributed by atoms with Crippen molar-refractivity contribution in [3.63, 3.8) is 0 Å². The van der Waals surface area contributed by atoms with Crippen LogP contribution in [0.2, 0.25) is 0 Å². The molecule has 14 heavy (non-hydrogen) atoms. The number of aliphatic imine (C=N–C) groups is 1. The van der Waals surface area contributed by atoms with E-state index in [9.17, 15) is 4.79 Å². The molecule has 80 valence electrons. The average Bonchev–Trinajstić information content (AvgIpc) is 2.19. The number of amidine groups is 1. The van der Waals surface area contributed by atoms with Gasteiger partial charge < -0.3 is 16.8 Å². The van der Waals surface area contributed by atoms with E-state index in [1.54, 1.807) is 0 Å². The van der Waals surface area contributed by atoms with Crippen LogP contribution >= 0.6 is 0 Å². The van der Waals surface area contributed by atoms with E-state index in [4.69, 9.17) is 11.5 Å². The molecular formula is C9H18N4O. The van der Waals surface area contributed by atoms with Gasteiger partial charge in [0.05, 0.1) is 11.9 Å². The minimum atomic E-state index is -0.549. The zero-order valence-corrected chi connectivity index (χ0v) is 8.33. The molecule has 0 aromatic heterocycles. The van der Waals surface area contributed by atoms with Gasteiger partial charge in [-0.05, 0) is 19.3 Å². The van der Waals surface area contributed by atoms with Crippen molar-refractivity contribution in [2.24, 2.45) is 16.5 Å². The lowest BCUT2D eigenvalue weighted by Crippen LogP contribution is -2.39. The molecule has 5 nitrogen and oxygen atoms in total. The normalized spacial score (nSPS) is 18.5. The minimum absolute atomic E-state index is 0.447. The molecule has 5 heteroatoms. The molecule has 0 spiro atoms. The van der Waals surface area contributed by atoms with Crippen molar-refractivity contribution < 1.29 is 4.79 Å². The second-order valence-electron chi connectivity index (χ2n) is 3.51. The molecule has 1 heterocycles. The second-order valence-corrected chi connectivity index (χ2v) is 3.51. The standard InChI is InChI=1S/C9H18N4O/c10-7(9(11)14)4-6-13-8-3-1-2-5-12-8/h7H,1-6,10H2,(H2,11,14)(H,12,13). The van der Waals surface area contributed by atoms with Crippen LogP contribution in [0.1, 0.15) is 25.7 Å². The Hall–Kier alpha value is -1.10. The van der Waals surface area contributed by atoms with Gasteiger partial charge in [-0.1, -0.05) is 0 Å². The number of rotatable bonds is 4. The number of carbonyl (C=O) groups is 1. The largest absolute Gasteiger partial charge is 0.374 e. The summed E-state index contributed by atoms with van der Waals surface area (Å²) in [5.74, 6) is 0.588. The van der Waals surface area contributed by atoms with Gasteiger partial charge in [0, 0.05) is 19.5 Å². The Morgan fingerprint density at radius 1 is 1.57 bits per heavy atom. The molecule has 1 amide bonds. The summed E-state index contributed by atoms with van der Waals surface area (Å²) in [6, 6.07) is -0.549. The highest BCUT2D eigenvalue weighted by Gasteiger charge is 2.09. The van der Waals surface area contributed by atoms with Crippen LogP contribution in [-0.4, -0.2) is 30.9 Å². The van der Waals surface area contributed by atoms with Crippen molar-refractivity contribution in [2.75, 3.05) is 13.1 Å². The average molecular weight is 198 g/mol. The van der Waals surface area contributed by atoms with Crippen molar-refractivity contribution in [1.82, 2.24) is 5.32 Å². The van der Waals surface area contributed by atoms with Crippen LogP contribution in [0.3, 0.4) is 0 Å². The van der Waals surface area contributed by atoms with Gasteiger partial charge in [-0.15, -0.1) is 0 Å². The molecule has 0 aliphatic carbocycles. The molecule has 0 aromatic carbocycles.